The molecule has 1 amide bonds. The van der Waals surface area contributed by atoms with Crippen molar-refractivity contribution in [3.63, 3.8) is 0 Å². The van der Waals surface area contributed by atoms with Gasteiger partial charge < -0.3 is 14.5 Å². The molecule has 0 saturated carbocycles. The second-order valence-corrected chi connectivity index (χ2v) is 8.14. The molecule has 0 atom stereocenters. The number of anilines is 1. The van der Waals surface area contributed by atoms with Gasteiger partial charge in [0.1, 0.15) is 0 Å². The van der Waals surface area contributed by atoms with Gasteiger partial charge in [-0.15, -0.1) is 0 Å². The summed E-state index contributed by atoms with van der Waals surface area (Å²) in [5, 5.41) is 4.30. The Hall–Kier alpha value is -2.67. The summed E-state index contributed by atoms with van der Waals surface area (Å²) in [5.41, 5.74) is 5.99. The monoisotopic (exact) mass is 393 g/mol. The molecule has 7 heteroatoms. The molecule has 0 bridgehead atoms. The number of hydrogen-bond donors (Lipinski definition) is 0. The molecule has 0 aromatic carbocycles. The van der Waals surface area contributed by atoms with Gasteiger partial charge in [0.15, 0.2) is 0 Å². The van der Waals surface area contributed by atoms with Gasteiger partial charge in [-0.2, -0.15) is 5.10 Å². The fourth-order valence-corrected chi connectivity index (χ4v) is 4.63. The molecule has 2 aromatic heterocycles. The SMILES string of the molecule is Cn1cc(C2=Cc3c(N4CCN(C(=O)C5CCOCC5)CC4)ccnc3C2)cn1. The lowest BCUT2D eigenvalue weighted by atomic mass is 9.98. The molecule has 29 heavy (non-hydrogen) atoms. The summed E-state index contributed by atoms with van der Waals surface area (Å²) in [4.78, 5) is 21.9. The molecule has 152 valence electrons. The maximum absolute atomic E-state index is 12.8. The fourth-order valence-electron chi connectivity index (χ4n) is 4.63. The fraction of sp³-hybridized carbons (Fsp3) is 0.500. The number of hydrogen-bond acceptors (Lipinski definition) is 5. The Kier molecular flexibility index (Phi) is 4.83. The number of amides is 1. The molecule has 2 fully saturated rings. The molecule has 0 spiro atoms. The van der Waals surface area contributed by atoms with Crippen molar-refractivity contribution in [3.05, 3.63) is 41.5 Å². The zero-order valence-electron chi connectivity index (χ0n) is 16.9. The van der Waals surface area contributed by atoms with Gasteiger partial charge in [0.25, 0.3) is 0 Å². The molecule has 3 aliphatic rings. The normalized spacial score (nSPS) is 20.0. The lowest BCUT2D eigenvalue weighted by Crippen LogP contribution is -2.51. The first-order chi connectivity index (χ1) is 14.2. The molecule has 1 aliphatic carbocycles. The highest BCUT2D eigenvalue weighted by Crippen LogP contribution is 2.36. The first kappa shape index (κ1) is 18.4. The number of carbonyl (C=O) groups excluding carboxylic acids is 1. The Morgan fingerprint density at radius 1 is 1.17 bits per heavy atom. The molecule has 4 heterocycles. The van der Waals surface area contributed by atoms with E-state index in [0.717, 1.165) is 56.7 Å². The third kappa shape index (κ3) is 3.55. The van der Waals surface area contributed by atoms with Crippen molar-refractivity contribution in [1.29, 1.82) is 0 Å². The number of rotatable bonds is 3. The van der Waals surface area contributed by atoms with Gasteiger partial charge in [0.2, 0.25) is 5.91 Å². The molecular weight excluding hydrogens is 366 g/mol. The topological polar surface area (TPSA) is 63.5 Å². The van der Waals surface area contributed by atoms with E-state index >= 15 is 0 Å². The lowest BCUT2D eigenvalue weighted by molar-refractivity contribution is -0.138. The van der Waals surface area contributed by atoms with Gasteiger partial charge in [0, 0.05) is 88.0 Å². The van der Waals surface area contributed by atoms with Crippen LogP contribution in [0.25, 0.3) is 11.6 Å². The van der Waals surface area contributed by atoms with E-state index in [1.54, 1.807) is 0 Å². The number of nitrogens with zero attached hydrogens (tertiary/aromatic N) is 5. The first-order valence-corrected chi connectivity index (χ1v) is 10.5. The predicted molar refractivity (Wildman–Crippen MR) is 111 cm³/mol. The molecule has 2 saturated heterocycles. The number of aryl methyl sites for hydroxylation is 1. The van der Waals surface area contributed by atoms with Crippen molar-refractivity contribution in [2.24, 2.45) is 13.0 Å². The van der Waals surface area contributed by atoms with Crippen LogP contribution in [0.2, 0.25) is 0 Å². The quantitative estimate of drug-likeness (QED) is 0.798. The van der Waals surface area contributed by atoms with Crippen LogP contribution in [0.15, 0.2) is 24.7 Å². The minimum atomic E-state index is 0.144. The molecule has 0 N–H and O–H groups in total. The van der Waals surface area contributed by atoms with Crippen LogP contribution in [0.5, 0.6) is 0 Å². The highest BCUT2D eigenvalue weighted by molar-refractivity contribution is 5.91. The van der Waals surface area contributed by atoms with Gasteiger partial charge in [-0.05, 0) is 30.6 Å². The number of aromatic nitrogens is 3. The Labute approximate surface area is 171 Å². The first-order valence-electron chi connectivity index (χ1n) is 10.5. The summed E-state index contributed by atoms with van der Waals surface area (Å²) in [7, 11) is 1.94. The summed E-state index contributed by atoms with van der Waals surface area (Å²) in [6.07, 6.45) is 10.7. The number of ether oxygens (including phenoxy) is 1. The molecule has 2 aromatic rings. The van der Waals surface area contributed by atoms with Crippen molar-refractivity contribution in [2.75, 3.05) is 44.3 Å². The van der Waals surface area contributed by atoms with Crippen LogP contribution in [0.3, 0.4) is 0 Å². The largest absolute Gasteiger partial charge is 0.381 e. The predicted octanol–water partition coefficient (Wildman–Crippen LogP) is 1.99. The van der Waals surface area contributed by atoms with Crippen molar-refractivity contribution in [1.82, 2.24) is 19.7 Å². The molecular formula is C22H27N5O2. The Balaban J connectivity index is 1.29. The summed E-state index contributed by atoms with van der Waals surface area (Å²) >= 11 is 0. The molecule has 0 radical (unpaired) electrons. The number of piperazine rings is 1. The molecule has 0 unspecified atom stereocenters. The van der Waals surface area contributed by atoms with E-state index in [0.29, 0.717) is 19.1 Å². The van der Waals surface area contributed by atoms with Crippen LogP contribution in [-0.4, -0.2) is 65.0 Å². The van der Waals surface area contributed by atoms with Crippen LogP contribution in [0, 0.1) is 5.92 Å². The third-order valence-electron chi connectivity index (χ3n) is 6.30. The van der Waals surface area contributed by atoms with Crippen molar-refractivity contribution >= 4 is 23.2 Å². The van der Waals surface area contributed by atoms with Crippen LogP contribution < -0.4 is 4.90 Å². The van der Waals surface area contributed by atoms with Gasteiger partial charge >= 0.3 is 0 Å². The van der Waals surface area contributed by atoms with E-state index in [-0.39, 0.29) is 5.92 Å². The van der Waals surface area contributed by atoms with Gasteiger partial charge in [-0.1, -0.05) is 0 Å². The van der Waals surface area contributed by atoms with Crippen LogP contribution in [-0.2, 0) is 23.0 Å². The summed E-state index contributed by atoms with van der Waals surface area (Å²) in [6.45, 7) is 4.72. The summed E-state index contributed by atoms with van der Waals surface area (Å²) in [6, 6.07) is 2.11. The standard InChI is InChI=1S/C22H27N5O2/c1-25-15-18(14-24-25)17-12-19-20(13-17)23-5-2-21(19)26-6-8-27(9-7-26)22(28)16-3-10-29-11-4-16/h2,5,12,14-16H,3-4,6-11,13H2,1H3. The summed E-state index contributed by atoms with van der Waals surface area (Å²) in [5.74, 6) is 0.456. The second kappa shape index (κ2) is 7.63. The Morgan fingerprint density at radius 2 is 1.97 bits per heavy atom. The van der Waals surface area contributed by atoms with Gasteiger partial charge in [-0.25, -0.2) is 0 Å². The minimum Gasteiger partial charge on any atom is -0.381 e. The number of allylic oxidation sites excluding steroid dienone is 1. The van der Waals surface area contributed by atoms with E-state index in [1.165, 1.54) is 16.8 Å². The van der Waals surface area contributed by atoms with E-state index in [9.17, 15) is 4.79 Å². The molecule has 7 nitrogen and oxygen atoms in total. The number of pyridine rings is 1. The number of fused-ring (bicyclic) bond motifs is 1. The van der Waals surface area contributed by atoms with Crippen molar-refractivity contribution in [2.45, 2.75) is 19.3 Å². The van der Waals surface area contributed by atoms with Crippen LogP contribution in [0.1, 0.15) is 29.7 Å². The Morgan fingerprint density at radius 3 is 2.69 bits per heavy atom. The highest BCUT2D eigenvalue weighted by Gasteiger charge is 2.30. The van der Waals surface area contributed by atoms with E-state index < -0.39 is 0 Å². The number of carbonyl (C=O) groups is 1. The maximum atomic E-state index is 12.8. The van der Waals surface area contributed by atoms with E-state index in [4.69, 9.17) is 4.74 Å². The zero-order valence-corrected chi connectivity index (χ0v) is 16.9. The van der Waals surface area contributed by atoms with Crippen molar-refractivity contribution in [3.8, 4) is 0 Å². The van der Waals surface area contributed by atoms with E-state index in [1.807, 2.05) is 29.0 Å². The van der Waals surface area contributed by atoms with Gasteiger partial charge in [-0.3, -0.25) is 14.5 Å². The Bertz CT molecular complexity index is 936. The van der Waals surface area contributed by atoms with E-state index in [2.05, 4.69) is 33.3 Å². The zero-order chi connectivity index (χ0) is 19.8. The van der Waals surface area contributed by atoms with Crippen LogP contribution in [0.4, 0.5) is 5.69 Å². The third-order valence-corrected chi connectivity index (χ3v) is 6.30. The molecule has 5 rings (SSSR count). The average Bonchev–Trinajstić information content (AvgIpc) is 3.40. The smallest absolute Gasteiger partial charge is 0.225 e. The summed E-state index contributed by atoms with van der Waals surface area (Å²) < 4.78 is 7.24. The van der Waals surface area contributed by atoms with Crippen LogP contribution >= 0.6 is 0 Å². The maximum Gasteiger partial charge on any atom is 0.225 e. The second-order valence-electron chi connectivity index (χ2n) is 8.14. The van der Waals surface area contributed by atoms with Gasteiger partial charge in [0.05, 0.1) is 11.9 Å². The molecule has 2 aliphatic heterocycles. The average molecular weight is 393 g/mol. The minimum absolute atomic E-state index is 0.144. The highest BCUT2D eigenvalue weighted by atomic mass is 16.5. The lowest BCUT2D eigenvalue weighted by Gasteiger charge is -2.38. The van der Waals surface area contributed by atoms with Crippen molar-refractivity contribution < 1.29 is 9.53 Å².